The van der Waals surface area contributed by atoms with Crippen LogP contribution in [-0.2, 0) is 6.42 Å². The molecule has 0 aliphatic carbocycles. The summed E-state index contributed by atoms with van der Waals surface area (Å²) in [5, 5.41) is 3.45. The van der Waals surface area contributed by atoms with Crippen LogP contribution in [-0.4, -0.2) is 23.1 Å². The zero-order chi connectivity index (χ0) is 10.7. The fourth-order valence-electron chi connectivity index (χ4n) is 2.17. The molecule has 0 amide bonds. The quantitative estimate of drug-likeness (QED) is 0.797. The predicted molar refractivity (Wildman–Crippen MR) is 60.8 cm³/mol. The molecular formula is C12H19N3. The fourth-order valence-corrected chi connectivity index (χ4v) is 2.17. The van der Waals surface area contributed by atoms with E-state index in [-0.39, 0.29) is 0 Å². The largest absolute Gasteiger partial charge is 0.316 e. The molecule has 82 valence electrons. The first-order chi connectivity index (χ1) is 7.27. The average molecular weight is 205 g/mol. The lowest BCUT2D eigenvalue weighted by Crippen LogP contribution is -2.31. The zero-order valence-corrected chi connectivity index (χ0v) is 9.58. The highest BCUT2D eigenvalue weighted by atomic mass is 14.9. The van der Waals surface area contributed by atoms with Crippen molar-refractivity contribution in [1.82, 2.24) is 15.3 Å². The normalized spacial score (nSPS) is 21.6. The molecule has 1 N–H and O–H groups in total. The molecule has 2 heterocycles. The number of aromatic nitrogens is 2. The molecule has 1 fully saturated rings. The number of rotatable bonds is 2. The molecule has 1 atom stereocenters. The van der Waals surface area contributed by atoms with Crippen LogP contribution in [0.2, 0.25) is 0 Å². The third-order valence-corrected chi connectivity index (χ3v) is 3.32. The van der Waals surface area contributed by atoms with Gasteiger partial charge < -0.3 is 5.32 Å². The number of nitrogens with zero attached hydrogens (tertiary/aromatic N) is 2. The van der Waals surface area contributed by atoms with E-state index in [0.717, 1.165) is 24.6 Å². The number of nitrogens with one attached hydrogen (secondary N) is 1. The molecule has 0 radical (unpaired) electrons. The summed E-state index contributed by atoms with van der Waals surface area (Å²) >= 11 is 0. The van der Waals surface area contributed by atoms with Crippen molar-refractivity contribution in [2.45, 2.75) is 33.1 Å². The molecule has 1 unspecified atom stereocenters. The van der Waals surface area contributed by atoms with Crippen LogP contribution in [0.4, 0.5) is 0 Å². The van der Waals surface area contributed by atoms with Crippen LogP contribution in [0.1, 0.15) is 29.8 Å². The lowest BCUT2D eigenvalue weighted by Gasteiger charge is -2.22. The van der Waals surface area contributed by atoms with Crippen LogP contribution in [0, 0.1) is 19.8 Å². The molecule has 1 saturated heterocycles. The molecule has 0 saturated carbocycles. The minimum atomic E-state index is 0.756. The van der Waals surface area contributed by atoms with E-state index in [1.807, 2.05) is 0 Å². The Hall–Kier alpha value is -0.960. The van der Waals surface area contributed by atoms with Crippen molar-refractivity contribution >= 4 is 0 Å². The molecule has 1 aromatic rings. The Bertz CT molecular complexity index is 330. The minimum absolute atomic E-state index is 0.756. The van der Waals surface area contributed by atoms with Crippen molar-refractivity contribution in [1.29, 1.82) is 0 Å². The van der Waals surface area contributed by atoms with E-state index >= 15 is 0 Å². The van der Waals surface area contributed by atoms with Crippen molar-refractivity contribution < 1.29 is 0 Å². The Morgan fingerprint density at radius 3 is 3.00 bits per heavy atom. The van der Waals surface area contributed by atoms with E-state index in [9.17, 15) is 0 Å². The number of piperidine rings is 1. The third kappa shape index (κ3) is 2.53. The van der Waals surface area contributed by atoms with Crippen LogP contribution in [0.15, 0.2) is 6.33 Å². The average Bonchev–Trinajstić information content (AvgIpc) is 2.26. The Morgan fingerprint density at radius 2 is 2.27 bits per heavy atom. The Balaban J connectivity index is 2.06. The second kappa shape index (κ2) is 4.71. The smallest absolute Gasteiger partial charge is 0.115 e. The van der Waals surface area contributed by atoms with Crippen molar-refractivity contribution in [3.63, 3.8) is 0 Å². The van der Waals surface area contributed by atoms with Gasteiger partial charge in [0.25, 0.3) is 0 Å². The van der Waals surface area contributed by atoms with Gasteiger partial charge in [-0.3, -0.25) is 0 Å². The maximum atomic E-state index is 4.39. The molecule has 2 rings (SSSR count). The topological polar surface area (TPSA) is 37.8 Å². The van der Waals surface area contributed by atoms with Gasteiger partial charge in [-0.15, -0.1) is 0 Å². The van der Waals surface area contributed by atoms with E-state index in [1.54, 1.807) is 6.33 Å². The highest BCUT2D eigenvalue weighted by molar-refractivity contribution is 5.22. The van der Waals surface area contributed by atoms with Gasteiger partial charge in [-0.25, -0.2) is 9.97 Å². The van der Waals surface area contributed by atoms with Crippen molar-refractivity contribution in [2.24, 2.45) is 5.92 Å². The monoisotopic (exact) mass is 205 g/mol. The van der Waals surface area contributed by atoms with E-state index in [1.165, 1.54) is 30.6 Å². The molecule has 1 aliphatic rings. The molecule has 0 bridgehead atoms. The van der Waals surface area contributed by atoms with Crippen LogP contribution in [0.3, 0.4) is 0 Å². The second-order valence-electron chi connectivity index (χ2n) is 4.45. The van der Waals surface area contributed by atoms with Crippen LogP contribution >= 0.6 is 0 Å². The molecule has 0 aromatic carbocycles. The fraction of sp³-hybridized carbons (Fsp3) is 0.667. The third-order valence-electron chi connectivity index (χ3n) is 3.32. The van der Waals surface area contributed by atoms with Gasteiger partial charge in [0.2, 0.25) is 0 Å². The summed E-state index contributed by atoms with van der Waals surface area (Å²) in [6.45, 7) is 6.50. The number of hydrogen-bond acceptors (Lipinski definition) is 3. The molecule has 1 aromatic heterocycles. The second-order valence-corrected chi connectivity index (χ2v) is 4.45. The molecule has 0 spiro atoms. The first-order valence-electron chi connectivity index (χ1n) is 5.75. The van der Waals surface area contributed by atoms with Crippen molar-refractivity contribution in [3.8, 4) is 0 Å². The minimum Gasteiger partial charge on any atom is -0.316 e. The Morgan fingerprint density at radius 1 is 1.40 bits per heavy atom. The number of hydrogen-bond donors (Lipinski definition) is 1. The number of aryl methyl sites for hydroxylation is 1. The van der Waals surface area contributed by atoms with Crippen LogP contribution in [0.5, 0.6) is 0 Å². The molecule has 1 aliphatic heterocycles. The SMILES string of the molecule is Cc1ncnc(CC2CCCNC2)c1C. The zero-order valence-electron chi connectivity index (χ0n) is 9.58. The van der Waals surface area contributed by atoms with E-state index < -0.39 is 0 Å². The lowest BCUT2D eigenvalue weighted by molar-refractivity contribution is 0.373. The van der Waals surface area contributed by atoms with Gasteiger partial charge in [0.1, 0.15) is 6.33 Å². The molecule has 3 heteroatoms. The van der Waals surface area contributed by atoms with E-state index in [0.29, 0.717) is 0 Å². The van der Waals surface area contributed by atoms with Gasteiger partial charge in [0.05, 0.1) is 0 Å². The molecule has 15 heavy (non-hydrogen) atoms. The summed E-state index contributed by atoms with van der Waals surface area (Å²) in [7, 11) is 0. The Labute approximate surface area is 91.3 Å². The van der Waals surface area contributed by atoms with E-state index in [2.05, 4.69) is 29.1 Å². The standard InChI is InChI=1S/C12H19N3/c1-9-10(2)14-8-15-12(9)6-11-4-3-5-13-7-11/h8,11,13H,3-7H2,1-2H3. The molecular weight excluding hydrogens is 186 g/mol. The van der Waals surface area contributed by atoms with Gasteiger partial charge in [-0.2, -0.15) is 0 Å². The van der Waals surface area contributed by atoms with Gasteiger partial charge in [-0.1, -0.05) is 0 Å². The first kappa shape index (κ1) is 10.6. The maximum Gasteiger partial charge on any atom is 0.115 e. The van der Waals surface area contributed by atoms with Gasteiger partial charge in [-0.05, 0) is 57.7 Å². The van der Waals surface area contributed by atoms with Gasteiger partial charge >= 0.3 is 0 Å². The van der Waals surface area contributed by atoms with Crippen molar-refractivity contribution in [2.75, 3.05) is 13.1 Å². The van der Waals surface area contributed by atoms with Crippen LogP contribution in [0.25, 0.3) is 0 Å². The van der Waals surface area contributed by atoms with Crippen molar-refractivity contribution in [3.05, 3.63) is 23.3 Å². The summed E-state index contributed by atoms with van der Waals surface area (Å²) in [6.07, 6.45) is 5.42. The Kier molecular flexibility index (Phi) is 3.31. The first-order valence-corrected chi connectivity index (χ1v) is 5.75. The van der Waals surface area contributed by atoms with Gasteiger partial charge in [0, 0.05) is 11.4 Å². The highest BCUT2D eigenvalue weighted by Crippen LogP contribution is 2.17. The lowest BCUT2D eigenvalue weighted by atomic mass is 9.93. The molecule has 3 nitrogen and oxygen atoms in total. The summed E-state index contributed by atoms with van der Waals surface area (Å²) < 4.78 is 0. The van der Waals surface area contributed by atoms with Gasteiger partial charge in [0.15, 0.2) is 0 Å². The van der Waals surface area contributed by atoms with E-state index in [4.69, 9.17) is 0 Å². The highest BCUT2D eigenvalue weighted by Gasteiger charge is 2.15. The summed E-state index contributed by atoms with van der Waals surface area (Å²) in [6, 6.07) is 0. The maximum absolute atomic E-state index is 4.39. The summed E-state index contributed by atoms with van der Waals surface area (Å²) in [5.41, 5.74) is 3.61. The summed E-state index contributed by atoms with van der Waals surface area (Å²) in [4.78, 5) is 8.60. The van der Waals surface area contributed by atoms with Crippen LogP contribution < -0.4 is 5.32 Å². The summed E-state index contributed by atoms with van der Waals surface area (Å²) in [5.74, 6) is 0.756. The predicted octanol–water partition coefficient (Wildman–Crippen LogP) is 1.64.